The summed E-state index contributed by atoms with van der Waals surface area (Å²) < 4.78 is 2.14. The first-order valence-corrected chi connectivity index (χ1v) is 7.82. The normalized spacial score (nSPS) is 10.8. The number of benzene rings is 2. The van der Waals surface area contributed by atoms with E-state index in [9.17, 15) is 9.59 Å². The molecule has 0 unspecified atom stereocenters. The Hall–Kier alpha value is -3.08. The molecule has 0 bridgehead atoms. The number of hydrogen-bond donors (Lipinski definition) is 2. The van der Waals surface area contributed by atoms with Crippen molar-refractivity contribution in [3.8, 4) is 0 Å². The Balaban J connectivity index is 2.07. The summed E-state index contributed by atoms with van der Waals surface area (Å²) in [6.07, 6.45) is 0. The van der Waals surface area contributed by atoms with Crippen molar-refractivity contribution in [2.75, 3.05) is 5.32 Å². The summed E-state index contributed by atoms with van der Waals surface area (Å²) in [5.41, 5.74) is 8.66. The lowest BCUT2D eigenvalue weighted by Crippen LogP contribution is -2.20. The van der Waals surface area contributed by atoms with Crippen LogP contribution in [0.5, 0.6) is 0 Å². The van der Waals surface area contributed by atoms with Crippen LogP contribution < -0.4 is 11.1 Å². The lowest BCUT2D eigenvalue weighted by molar-refractivity contribution is 0.0977. The van der Waals surface area contributed by atoms with Crippen molar-refractivity contribution in [2.45, 2.75) is 20.4 Å². The summed E-state index contributed by atoms with van der Waals surface area (Å²) in [6, 6.07) is 14.5. The molecule has 0 spiro atoms. The summed E-state index contributed by atoms with van der Waals surface area (Å²) in [5.74, 6) is -0.958. The number of anilines is 1. The third-order valence-electron chi connectivity index (χ3n) is 4.22. The third-order valence-corrected chi connectivity index (χ3v) is 4.22. The van der Waals surface area contributed by atoms with Crippen molar-refractivity contribution >= 4 is 28.4 Å². The van der Waals surface area contributed by atoms with Crippen molar-refractivity contribution in [1.82, 2.24) is 4.57 Å². The summed E-state index contributed by atoms with van der Waals surface area (Å²) in [5, 5.41) is 3.93. The fourth-order valence-electron chi connectivity index (χ4n) is 3.07. The highest BCUT2D eigenvalue weighted by Crippen LogP contribution is 2.31. The second kappa shape index (κ2) is 6.20. The number of carbonyl (C=O) groups is 2. The molecule has 0 aliphatic carbocycles. The van der Waals surface area contributed by atoms with Gasteiger partial charge in [-0.05, 0) is 32.0 Å². The number of rotatable bonds is 4. The van der Waals surface area contributed by atoms with Crippen LogP contribution in [0.3, 0.4) is 0 Å². The Kier molecular flexibility index (Phi) is 4.08. The average Bonchev–Trinajstić information content (AvgIpc) is 2.86. The second-order valence-corrected chi connectivity index (χ2v) is 5.59. The third kappa shape index (κ3) is 2.54. The molecule has 0 fully saturated rings. The molecule has 3 aromatic rings. The molecule has 1 aromatic heterocycles. The monoisotopic (exact) mass is 321 g/mol. The van der Waals surface area contributed by atoms with Crippen molar-refractivity contribution in [1.29, 1.82) is 0 Å². The summed E-state index contributed by atoms with van der Waals surface area (Å²) >= 11 is 0. The van der Waals surface area contributed by atoms with E-state index in [0.717, 1.165) is 28.8 Å². The van der Waals surface area contributed by atoms with Gasteiger partial charge >= 0.3 is 0 Å². The van der Waals surface area contributed by atoms with Crippen LogP contribution in [-0.2, 0) is 6.54 Å². The van der Waals surface area contributed by atoms with E-state index >= 15 is 0 Å². The van der Waals surface area contributed by atoms with Crippen LogP contribution in [0.2, 0.25) is 0 Å². The highest BCUT2D eigenvalue weighted by Gasteiger charge is 2.19. The molecule has 3 rings (SSSR count). The zero-order valence-electron chi connectivity index (χ0n) is 13.7. The van der Waals surface area contributed by atoms with E-state index in [1.54, 1.807) is 24.3 Å². The smallest absolute Gasteiger partial charge is 0.256 e. The Labute approximate surface area is 140 Å². The first-order chi connectivity index (χ1) is 11.5. The first-order valence-electron chi connectivity index (χ1n) is 7.82. The molecule has 24 heavy (non-hydrogen) atoms. The Morgan fingerprint density at radius 3 is 2.33 bits per heavy atom. The van der Waals surface area contributed by atoms with Crippen LogP contribution in [0.4, 0.5) is 5.69 Å². The van der Waals surface area contributed by atoms with Crippen LogP contribution in [-0.4, -0.2) is 16.4 Å². The molecule has 0 saturated heterocycles. The van der Waals surface area contributed by atoms with E-state index in [4.69, 9.17) is 5.73 Å². The van der Waals surface area contributed by atoms with Gasteiger partial charge in [0.2, 0.25) is 5.91 Å². The van der Waals surface area contributed by atoms with Gasteiger partial charge in [-0.15, -0.1) is 0 Å². The predicted molar refractivity (Wildman–Crippen MR) is 95.3 cm³/mol. The fourth-order valence-corrected chi connectivity index (χ4v) is 3.07. The molecule has 122 valence electrons. The van der Waals surface area contributed by atoms with E-state index < -0.39 is 5.91 Å². The second-order valence-electron chi connectivity index (χ2n) is 5.59. The van der Waals surface area contributed by atoms with Gasteiger partial charge < -0.3 is 15.6 Å². The van der Waals surface area contributed by atoms with Gasteiger partial charge in [-0.1, -0.05) is 30.3 Å². The number of nitrogens with one attached hydrogen (secondary N) is 1. The maximum absolute atomic E-state index is 12.7. The molecule has 5 heteroatoms. The van der Waals surface area contributed by atoms with Crippen molar-refractivity contribution in [3.63, 3.8) is 0 Å². The quantitative estimate of drug-likeness (QED) is 0.773. The van der Waals surface area contributed by atoms with Crippen LogP contribution in [0.1, 0.15) is 33.3 Å². The molecule has 2 amide bonds. The van der Waals surface area contributed by atoms with Gasteiger partial charge in [-0.3, -0.25) is 9.59 Å². The highest BCUT2D eigenvalue weighted by molar-refractivity contribution is 6.14. The van der Waals surface area contributed by atoms with E-state index in [1.165, 1.54) is 0 Å². The van der Waals surface area contributed by atoms with Gasteiger partial charge in [0.1, 0.15) is 0 Å². The lowest BCUT2D eigenvalue weighted by atomic mass is 10.1. The van der Waals surface area contributed by atoms with Gasteiger partial charge in [0.15, 0.2) is 0 Å². The topological polar surface area (TPSA) is 77.1 Å². The highest BCUT2D eigenvalue weighted by atomic mass is 16.2. The number of nitrogens with zero attached hydrogens (tertiary/aromatic N) is 1. The molecular formula is C19H19N3O2. The van der Waals surface area contributed by atoms with E-state index in [0.29, 0.717) is 0 Å². The Morgan fingerprint density at radius 2 is 1.67 bits per heavy atom. The molecule has 0 aliphatic heterocycles. The zero-order chi connectivity index (χ0) is 17.3. The molecule has 2 aromatic carbocycles. The molecule has 1 heterocycles. The number of hydrogen-bond acceptors (Lipinski definition) is 2. The Bertz CT molecular complexity index is 941. The van der Waals surface area contributed by atoms with Gasteiger partial charge in [0.25, 0.3) is 5.91 Å². The largest absolute Gasteiger partial charge is 0.366 e. The molecule has 0 saturated carbocycles. The number of fused-ring (bicyclic) bond motifs is 1. The minimum Gasteiger partial charge on any atom is -0.366 e. The Morgan fingerprint density at radius 1 is 1.04 bits per heavy atom. The minimum atomic E-state index is -0.617. The summed E-state index contributed by atoms with van der Waals surface area (Å²) in [7, 11) is 0. The van der Waals surface area contributed by atoms with Crippen LogP contribution in [0, 0.1) is 6.92 Å². The van der Waals surface area contributed by atoms with E-state index in [-0.39, 0.29) is 17.0 Å². The zero-order valence-corrected chi connectivity index (χ0v) is 13.7. The van der Waals surface area contributed by atoms with Gasteiger partial charge in [0, 0.05) is 17.6 Å². The van der Waals surface area contributed by atoms with Gasteiger partial charge in [0.05, 0.1) is 22.3 Å². The van der Waals surface area contributed by atoms with Gasteiger partial charge in [-0.2, -0.15) is 0 Å². The number of aromatic nitrogens is 1. The molecule has 0 radical (unpaired) electrons. The van der Waals surface area contributed by atoms with Crippen molar-refractivity contribution in [3.05, 3.63) is 65.4 Å². The first kappa shape index (κ1) is 15.8. The number of carbonyl (C=O) groups excluding carboxylic acids is 2. The fraction of sp³-hybridized carbons (Fsp3) is 0.158. The minimum absolute atomic E-state index is 0.215. The summed E-state index contributed by atoms with van der Waals surface area (Å²) in [4.78, 5) is 24.3. The SMILES string of the molecule is CCn1c(C)c(NC(=O)c2ccccc2C(N)=O)c2ccccc21. The number of nitrogens with two attached hydrogens (primary N) is 1. The maximum Gasteiger partial charge on any atom is 0.256 e. The van der Waals surface area contributed by atoms with Crippen LogP contribution in [0.15, 0.2) is 48.5 Å². The van der Waals surface area contributed by atoms with Crippen molar-refractivity contribution in [2.24, 2.45) is 5.73 Å². The molecule has 0 aliphatic rings. The molecule has 0 atom stereocenters. The van der Waals surface area contributed by atoms with Crippen molar-refractivity contribution < 1.29 is 9.59 Å². The van der Waals surface area contributed by atoms with Gasteiger partial charge in [-0.25, -0.2) is 0 Å². The van der Waals surface area contributed by atoms with E-state index in [1.807, 2.05) is 31.2 Å². The van der Waals surface area contributed by atoms with Crippen LogP contribution in [0.25, 0.3) is 10.9 Å². The van der Waals surface area contributed by atoms with E-state index in [2.05, 4.69) is 16.8 Å². The predicted octanol–water partition coefficient (Wildman–Crippen LogP) is 3.32. The number of amides is 2. The number of primary amides is 1. The standard InChI is InChI=1S/C19H19N3O2/c1-3-22-12(2)17(15-10-6-7-11-16(15)22)21-19(24)14-9-5-4-8-13(14)18(20)23/h4-11H,3H2,1-2H3,(H2,20,23)(H,21,24). The molecule has 5 nitrogen and oxygen atoms in total. The molecular weight excluding hydrogens is 302 g/mol. The molecule has 3 N–H and O–H groups in total. The number of para-hydroxylation sites is 1. The average molecular weight is 321 g/mol. The van der Waals surface area contributed by atoms with Crippen LogP contribution >= 0.6 is 0 Å². The number of aryl methyl sites for hydroxylation is 1. The lowest BCUT2D eigenvalue weighted by Gasteiger charge is -2.09. The maximum atomic E-state index is 12.7. The summed E-state index contributed by atoms with van der Waals surface area (Å²) in [6.45, 7) is 4.84.